The Morgan fingerprint density at radius 1 is 1.17 bits per heavy atom. The van der Waals surface area contributed by atoms with Gasteiger partial charge >= 0.3 is 0 Å². The van der Waals surface area contributed by atoms with Crippen LogP contribution in [0, 0.1) is 11.6 Å². The number of hydrogen-bond donors (Lipinski definition) is 0. The summed E-state index contributed by atoms with van der Waals surface area (Å²) in [6, 6.07) is 2.60. The molecule has 8 heteroatoms. The van der Waals surface area contributed by atoms with Gasteiger partial charge in [-0.2, -0.15) is 0 Å². The molecule has 2 rings (SSSR count). The average molecular weight is 346 g/mol. The molecular weight excluding hydrogens is 326 g/mol. The fourth-order valence-electron chi connectivity index (χ4n) is 2.61. The van der Waals surface area contributed by atoms with Crippen LogP contribution < -0.4 is 4.31 Å². The van der Waals surface area contributed by atoms with Crippen LogP contribution in [0.15, 0.2) is 18.2 Å². The molecule has 0 radical (unpaired) electrons. The number of sulfonamides is 1. The molecule has 0 bridgehead atoms. The van der Waals surface area contributed by atoms with Gasteiger partial charge in [0.05, 0.1) is 11.9 Å². The molecule has 0 aromatic heterocycles. The first kappa shape index (κ1) is 17.7. The number of carbonyl (C=O) groups is 1. The van der Waals surface area contributed by atoms with Crippen LogP contribution in [0.5, 0.6) is 0 Å². The predicted molar refractivity (Wildman–Crippen MR) is 83.6 cm³/mol. The quantitative estimate of drug-likeness (QED) is 0.839. The van der Waals surface area contributed by atoms with E-state index in [2.05, 4.69) is 0 Å². The van der Waals surface area contributed by atoms with Crippen LogP contribution in [0.1, 0.15) is 25.7 Å². The van der Waals surface area contributed by atoms with Gasteiger partial charge in [-0.1, -0.05) is 12.8 Å². The smallest absolute Gasteiger partial charge is 0.243 e. The molecule has 1 saturated heterocycles. The number of hydrogen-bond acceptors (Lipinski definition) is 3. The second-order valence-electron chi connectivity index (χ2n) is 5.66. The molecule has 23 heavy (non-hydrogen) atoms. The Kier molecular flexibility index (Phi) is 5.56. The number of rotatable bonds is 4. The van der Waals surface area contributed by atoms with E-state index in [4.69, 9.17) is 0 Å². The monoisotopic (exact) mass is 346 g/mol. The summed E-state index contributed by atoms with van der Waals surface area (Å²) >= 11 is 0. The molecular formula is C15H20F2N2O3S. The van der Waals surface area contributed by atoms with Crippen LogP contribution in [0.25, 0.3) is 0 Å². The Labute approximate surface area is 134 Å². The lowest BCUT2D eigenvalue weighted by molar-refractivity contribution is -0.129. The molecule has 1 aromatic carbocycles. The van der Waals surface area contributed by atoms with Gasteiger partial charge in [0.25, 0.3) is 0 Å². The SMILES string of the molecule is CS(=O)(=O)N(CC(=O)N1CCCCCC1)c1ccc(F)cc1F. The summed E-state index contributed by atoms with van der Waals surface area (Å²) in [6.45, 7) is 0.659. The molecule has 1 aliphatic rings. The predicted octanol–water partition coefficient (Wildman–Crippen LogP) is 2.13. The van der Waals surface area contributed by atoms with Crippen LogP contribution >= 0.6 is 0 Å². The standard InChI is InChI=1S/C15H20F2N2O3S/c1-23(21,22)19(14-7-6-12(16)10-13(14)17)11-15(20)18-8-4-2-3-5-9-18/h6-7,10H,2-5,8-9,11H2,1H3. The minimum atomic E-state index is -3.87. The fraction of sp³-hybridized carbons (Fsp3) is 0.533. The van der Waals surface area contributed by atoms with Crippen LogP contribution in [-0.2, 0) is 14.8 Å². The number of halogens is 2. The Balaban J connectivity index is 2.24. The van der Waals surface area contributed by atoms with Crippen molar-refractivity contribution in [1.29, 1.82) is 0 Å². The van der Waals surface area contributed by atoms with Crippen molar-refractivity contribution >= 4 is 21.6 Å². The normalized spacial score (nSPS) is 16.0. The molecule has 0 aliphatic carbocycles. The van der Waals surface area contributed by atoms with Gasteiger partial charge in [-0.3, -0.25) is 9.10 Å². The van der Waals surface area contributed by atoms with Crippen molar-refractivity contribution in [1.82, 2.24) is 4.90 Å². The number of likely N-dealkylation sites (tertiary alicyclic amines) is 1. The highest BCUT2D eigenvalue weighted by Crippen LogP contribution is 2.23. The third kappa shape index (κ3) is 4.63. The average Bonchev–Trinajstić information content (AvgIpc) is 2.73. The van der Waals surface area contributed by atoms with Gasteiger partial charge in [-0.15, -0.1) is 0 Å². The first-order chi connectivity index (χ1) is 10.8. The van der Waals surface area contributed by atoms with Gasteiger partial charge in [0.2, 0.25) is 15.9 Å². The molecule has 1 aromatic rings. The largest absolute Gasteiger partial charge is 0.341 e. The highest BCUT2D eigenvalue weighted by atomic mass is 32.2. The Morgan fingerprint density at radius 3 is 2.30 bits per heavy atom. The third-order valence-corrected chi connectivity index (χ3v) is 4.94. The lowest BCUT2D eigenvalue weighted by atomic mass is 10.2. The Morgan fingerprint density at radius 2 is 1.78 bits per heavy atom. The van der Waals surface area contributed by atoms with E-state index in [1.54, 1.807) is 4.90 Å². The molecule has 1 aliphatic heterocycles. The fourth-order valence-corrected chi connectivity index (χ4v) is 3.46. The molecule has 1 heterocycles. The number of anilines is 1. The summed E-state index contributed by atoms with van der Waals surface area (Å²) < 4.78 is 51.5. The van der Waals surface area contributed by atoms with Crippen molar-refractivity contribution in [3.63, 3.8) is 0 Å². The molecule has 5 nitrogen and oxygen atoms in total. The van der Waals surface area contributed by atoms with E-state index in [-0.39, 0.29) is 11.6 Å². The van der Waals surface area contributed by atoms with E-state index in [0.29, 0.717) is 23.5 Å². The Bertz CT molecular complexity index is 671. The second kappa shape index (κ2) is 7.25. The first-order valence-corrected chi connectivity index (χ1v) is 9.34. The van der Waals surface area contributed by atoms with E-state index < -0.39 is 28.2 Å². The van der Waals surface area contributed by atoms with Crippen LogP contribution in [0.4, 0.5) is 14.5 Å². The molecule has 0 spiro atoms. The van der Waals surface area contributed by atoms with E-state index >= 15 is 0 Å². The summed E-state index contributed by atoms with van der Waals surface area (Å²) in [7, 11) is -3.87. The highest BCUT2D eigenvalue weighted by molar-refractivity contribution is 7.92. The summed E-state index contributed by atoms with van der Waals surface area (Å²) in [6.07, 6.45) is 4.70. The molecule has 1 amide bonds. The molecule has 128 valence electrons. The number of amides is 1. The van der Waals surface area contributed by atoms with Crippen molar-refractivity contribution in [3.8, 4) is 0 Å². The molecule has 0 saturated carbocycles. The summed E-state index contributed by atoms with van der Waals surface area (Å²) in [4.78, 5) is 14.0. The van der Waals surface area contributed by atoms with Gasteiger partial charge in [0, 0.05) is 19.2 Å². The zero-order valence-corrected chi connectivity index (χ0v) is 13.8. The molecule has 0 N–H and O–H groups in total. The lowest BCUT2D eigenvalue weighted by Gasteiger charge is -2.26. The van der Waals surface area contributed by atoms with Gasteiger partial charge in [0.15, 0.2) is 0 Å². The van der Waals surface area contributed by atoms with Crippen molar-refractivity contribution < 1.29 is 22.0 Å². The van der Waals surface area contributed by atoms with Crippen molar-refractivity contribution in [3.05, 3.63) is 29.8 Å². The summed E-state index contributed by atoms with van der Waals surface area (Å²) in [5.74, 6) is -2.20. The van der Waals surface area contributed by atoms with Gasteiger partial charge in [-0.25, -0.2) is 17.2 Å². The molecule has 0 atom stereocenters. The number of carbonyl (C=O) groups excluding carboxylic acids is 1. The maximum atomic E-state index is 13.9. The van der Waals surface area contributed by atoms with Crippen molar-refractivity contribution in [2.24, 2.45) is 0 Å². The minimum absolute atomic E-state index is 0.322. The number of benzene rings is 1. The highest BCUT2D eigenvalue weighted by Gasteiger charge is 2.26. The maximum absolute atomic E-state index is 13.9. The number of nitrogens with zero attached hydrogens (tertiary/aromatic N) is 2. The maximum Gasteiger partial charge on any atom is 0.243 e. The van der Waals surface area contributed by atoms with Crippen molar-refractivity contribution in [2.75, 3.05) is 30.2 Å². The molecule has 1 fully saturated rings. The lowest BCUT2D eigenvalue weighted by Crippen LogP contribution is -2.43. The first-order valence-electron chi connectivity index (χ1n) is 7.49. The zero-order chi connectivity index (χ0) is 17.0. The van der Waals surface area contributed by atoms with Crippen molar-refractivity contribution in [2.45, 2.75) is 25.7 Å². The second-order valence-corrected chi connectivity index (χ2v) is 7.57. The van der Waals surface area contributed by atoms with E-state index in [1.165, 1.54) is 0 Å². The Hall–Kier alpha value is -1.70. The van der Waals surface area contributed by atoms with Crippen LogP contribution in [0.3, 0.4) is 0 Å². The summed E-state index contributed by atoms with van der Waals surface area (Å²) in [5.41, 5.74) is -0.322. The zero-order valence-electron chi connectivity index (χ0n) is 13.0. The van der Waals surface area contributed by atoms with Gasteiger partial charge in [0.1, 0.15) is 18.2 Å². The van der Waals surface area contributed by atoms with Gasteiger partial charge < -0.3 is 4.90 Å². The van der Waals surface area contributed by atoms with E-state index in [0.717, 1.165) is 44.1 Å². The third-order valence-electron chi connectivity index (χ3n) is 3.82. The van der Waals surface area contributed by atoms with Gasteiger partial charge in [-0.05, 0) is 25.0 Å². The van der Waals surface area contributed by atoms with E-state index in [9.17, 15) is 22.0 Å². The minimum Gasteiger partial charge on any atom is -0.341 e. The molecule has 0 unspecified atom stereocenters. The summed E-state index contributed by atoms with van der Waals surface area (Å²) in [5, 5.41) is 0. The van der Waals surface area contributed by atoms with Crippen LogP contribution in [-0.4, -0.2) is 45.1 Å². The van der Waals surface area contributed by atoms with Crippen LogP contribution in [0.2, 0.25) is 0 Å². The topological polar surface area (TPSA) is 57.7 Å². The van der Waals surface area contributed by atoms with E-state index in [1.807, 2.05) is 0 Å².